The molecule has 0 bridgehead atoms. The van der Waals surface area contributed by atoms with E-state index in [0.717, 1.165) is 0 Å². The second kappa shape index (κ2) is 2.83. The molecule has 0 spiro atoms. The maximum atomic E-state index is 9.47. The molecule has 11 heavy (non-hydrogen) atoms. The predicted octanol–water partition coefficient (Wildman–Crippen LogP) is 0.988. The number of hydrogen-bond donors (Lipinski definition) is 2. The van der Waals surface area contributed by atoms with Crippen LogP contribution in [0.5, 0.6) is 0 Å². The molecule has 64 valence electrons. The lowest BCUT2D eigenvalue weighted by molar-refractivity contribution is -0.0871. The van der Waals surface area contributed by atoms with E-state index in [1.807, 2.05) is 6.92 Å². The van der Waals surface area contributed by atoms with Crippen LogP contribution < -0.4 is 0 Å². The highest BCUT2D eigenvalue weighted by Crippen LogP contribution is 2.34. The monoisotopic (exact) mass is 158 g/mol. The minimum Gasteiger partial charge on any atom is -0.509 e. The molecule has 1 rings (SSSR count). The fourth-order valence-electron chi connectivity index (χ4n) is 1.56. The quantitative estimate of drug-likeness (QED) is 0.630. The average molecular weight is 158 g/mol. The fraction of sp³-hybridized carbons (Fsp3) is 0.750. The average Bonchev–Trinajstić information content (AvgIpc) is 2.29. The molecule has 0 aromatic rings. The van der Waals surface area contributed by atoms with E-state index in [-0.39, 0.29) is 5.76 Å². The van der Waals surface area contributed by atoms with Gasteiger partial charge in [-0.2, -0.15) is 0 Å². The molecule has 1 aliphatic carbocycles. The summed E-state index contributed by atoms with van der Waals surface area (Å²) in [5.41, 5.74) is -0.833. The van der Waals surface area contributed by atoms with Gasteiger partial charge in [-0.15, -0.1) is 0 Å². The summed E-state index contributed by atoms with van der Waals surface area (Å²) in [6, 6.07) is 0. The molecule has 0 radical (unpaired) electrons. The Bertz CT molecular complexity index is 170. The van der Waals surface area contributed by atoms with Crippen LogP contribution in [0.1, 0.15) is 19.8 Å². The van der Waals surface area contributed by atoms with Crippen molar-refractivity contribution in [1.82, 2.24) is 0 Å². The molecule has 2 atom stereocenters. The summed E-state index contributed by atoms with van der Waals surface area (Å²) < 4.78 is 5.10. The minimum absolute atomic E-state index is 0.162. The number of ether oxygens (including phenoxy) is 1. The maximum Gasteiger partial charge on any atom is 0.150 e. The van der Waals surface area contributed by atoms with Gasteiger partial charge in [0.2, 0.25) is 0 Å². The molecule has 1 aliphatic rings. The Morgan fingerprint density at radius 3 is 2.64 bits per heavy atom. The zero-order valence-electron chi connectivity index (χ0n) is 6.87. The van der Waals surface area contributed by atoms with Crippen LogP contribution >= 0.6 is 0 Å². The van der Waals surface area contributed by atoms with Crippen molar-refractivity contribution in [2.45, 2.75) is 31.5 Å². The molecular weight excluding hydrogens is 144 g/mol. The summed E-state index contributed by atoms with van der Waals surface area (Å²) in [6.45, 7) is 1.88. The zero-order chi connectivity index (χ0) is 8.48. The highest BCUT2D eigenvalue weighted by atomic mass is 16.5. The fourth-order valence-corrected chi connectivity index (χ4v) is 1.56. The largest absolute Gasteiger partial charge is 0.509 e. The van der Waals surface area contributed by atoms with E-state index in [9.17, 15) is 10.2 Å². The second-order valence-electron chi connectivity index (χ2n) is 2.79. The molecule has 0 saturated heterocycles. The third-order valence-corrected chi connectivity index (χ3v) is 2.40. The van der Waals surface area contributed by atoms with Crippen LogP contribution in [-0.4, -0.2) is 29.0 Å². The highest BCUT2D eigenvalue weighted by molar-refractivity contribution is 5.20. The lowest BCUT2D eigenvalue weighted by atomic mass is 9.96. The van der Waals surface area contributed by atoms with Gasteiger partial charge in [-0.3, -0.25) is 0 Å². The van der Waals surface area contributed by atoms with E-state index >= 15 is 0 Å². The molecule has 0 fully saturated rings. The lowest BCUT2D eigenvalue weighted by Gasteiger charge is -2.30. The molecule has 0 aliphatic heterocycles. The Hall–Kier alpha value is -0.540. The highest BCUT2D eigenvalue weighted by Gasteiger charge is 2.44. The molecular formula is C8H14O3. The van der Waals surface area contributed by atoms with Gasteiger partial charge in [0.05, 0.1) is 6.10 Å². The van der Waals surface area contributed by atoms with Crippen molar-refractivity contribution in [2.75, 3.05) is 7.11 Å². The third-order valence-electron chi connectivity index (χ3n) is 2.40. The summed E-state index contributed by atoms with van der Waals surface area (Å²) >= 11 is 0. The van der Waals surface area contributed by atoms with Crippen LogP contribution in [0.2, 0.25) is 0 Å². The molecule has 3 nitrogen and oxygen atoms in total. The summed E-state index contributed by atoms with van der Waals surface area (Å²) in [7, 11) is 1.50. The number of hydrogen-bond acceptors (Lipinski definition) is 3. The van der Waals surface area contributed by atoms with E-state index in [4.69, 9.17) is 4.74 Å². The normalized spacial score (nSPS) is 37.4. The van der Waals surface area contributed by atoms with Crippen LogP contribution in [0.15, 0.2) is 11.8 Å². The Morgan fingerprint density at radius 2 is 2.45 bits per heavy atom. The Balaban J connectivity index is 2.87. The minimum atomic E-state index is -0.833. The maximum absolute atomic E-state index is 9.47. The summed E-state index contributed by atoms with van der Waals surface area (Å²) in [6.07, 6.45) is 2.08. The van der Waals surface area contributed by atoms with Crippen molar-refractivity contribution in [3.63, 3.8) is 0 Å². The van der Waals surface area contributed by atoms with E-state index in [0.29, 0.717) is 12.8 Å². The molecule has 2 N–H and O–H groups in total. The first-order valence-electron chi connectivity index (χ1n) is 3.80. The zero-order valence-corrected chi connectivity index (χ0v) is 6.87. The Morgan fingerprint density at radius 1 is 1.82 bits per heavy atom. The Labute approximate surface area is 66.3 Å². The van der Waals surface area contributed by atoms with E-state index in [1.165, 1.54) is 7.11 Å². The predicted molar refractivity (Wildman–Crippen MR) is 41.4 cm³/mol. The first-order valence-corrected chi connectivity index (χ1v) is 3.80. The van der Waals surface area contributed by atoms with E-state index in [2.05, 4.69) is 0 Å². The van der Waals surface area contributed by atoms with Gasteiger partial charge in [-0.05, 0) is 18.9 Å². The van der Waals surface area contributed by atoms with Crippen LogP contribution in [0, 0.1) is 0 Å². The molecule has 0 saturated carbocycles. The smallest absolute Gasteiger partial charge is 0.150 e. The van der Waals surface area contributed by atoms with Gasteiger partial charge in [-0.1, -0.05) is 6.92 Å². The molecule has 0 heterocycles. The molecule has 1 unspecified atom stereocenters. The van der Waals surface area contributed by atoms with Gasteiger partial charge in [-0.25, -0.2) is 0 Å². The van der Waals surface area contributed by atoms with Gasteiger partial charge < -0.3 is 14.9 Å². The number of rotatable bonds is 2. The first kappa shape index (κ1) is 8.56. The third kappa shape index (κ3) is 1.04. The number of aliphatic hydroxyl groups is 2. The van der Waals surface area contributed by atoms with Crippen LogP contribution in [0.25, 0.3) is 0 Å². The van der Waals surface area contributed by atoms with Gasteiger partial charge in [0.15, 0.2) is 0 Å². The van der Waals surface area contributed by atoms with Gasteiger partial charge in [0, 0.05) is 7.11 Å². The van der Waals surface area contributed by atoms with Crippen LogP contribution in [0.3, 0.4) is 0 Å². The SMILES string of the molecule is CC[C@@]1(OC)C(O)=CCC1O. The van der Waals surface area contributed by atoms with E-state index < -0.39 is 11.7 Å². The number of methoxy groups -OCH3 is 1. The van der Waals surface area contributed by atoms with Crippen molar-refractivity contribution >= 4 is 0 Å². The van der Waals surface area contributed by atoms with E-state index in [1.54, 1.807) is 6.08 Å². The topological polar surface area (TPSA) is 49.7 Å². The summed E-state index contributed by atoms with van der Waals surface area (Å²) in [5.74, 6) is 0.162. The first-order chi connectivity index (χ1) is 5.17. The van der Waals surface area contributed by atoms with Crippen LogP contribution in [-0.2, 0) is 4.74 Å². The van der Waals surface area contributed by atoms with Gasteiger partial charge in [0.25, 0.3) is 0 Å². The van der Waals surface area contributed by atoms with Crippen LogP contribution in [0.4, 0.5) is 0 Å². The van der Waals surface area contributed by atoms with Crippen molar-refractivity contribution in [1.29, 1.82) is 0 Å². The van der Waals surface area contributed by atoms with Crippen molar-refractivity contribution in [3.05, 3.63) is 11.8 Å². The van der Waals surface area contributed by atoms with Crippen molar-refractivity contribution < 1.29 is 14.9 Å². The van der Waals surface area contributed by atoms with Crippen molar-refractivity contribution in [2.24, 2.45) is 0 Å². The molecule has 0 aromatic heterocycles. The summed E-state index contributed by atoms with van der Waals surface area (Å²) in [4.78, 5) is 0. The van der Waals surface area contributed by atoms with Gasteiger partial charge in [0.1, 0.15) is 11.4 Å². The molecule has 0 amide bonds. The molecule has 3 heteroatoms. The number of aliphatic hydroxyl groups excluding tert-OH is 2. The molecule has 0 aromatic carbocycles. The van der Waals surface area contributed by atoms with Crippen molar-refractivity contribution in [3.8, 4) is 0 Å². The van der Waals surface area contributed by atoms with Gasteiger partial charge >= 0.3 is 0 Å². The standard InChI is InChI=1S/C8H14O3/c1-3-8(11-2)6(9)4-5-7(8)10/h4,7,9-10H,3,5H2,1-2H3/t7?,8-/m1/s1. The summed E-state index contributed by atoms with van der Waals surface area (Å²) in [5, 5.41) is 18.9. The Kier molecular flexibility index (Phi) is 2.20. The lowest BCUT2D eigenvalue weighted by Crippen LogP contribution is -2.41. The second-order valence-corrected chi connectivity index (χ2v) is 2.79.